The van der Waals surface area contributed by atoms with E-state index >= 15 is 0 Å². The summed E-state index contributed by atoms with van der Waals surface area (Å²) in [6.07, 6.45) is 0. The first-order chi connectivity index (χ1) is 8.97. The zero-order valence-electron chi connectivity index (χ0n) is 10.2. The van der Waals surface area contributed by atoms with Crippen molar-refractivity contribution in [2.75, 3.05) is 5.32 Å². The van der Waals surface area contributed by atoms with Gasteiger partial charge in [0.05, 0.1) is 5.69 Å². The number of benzene rings is 2. The van der Waals surface area contributed by atoms with Gasteiger partial charge in [-0.15, -0.1) is 0 Å². The summed E-state index contributed by atoms with van der Waals surface area (Å²) in [7, 11) is 0. The Hall–Kier alpha value is -1.65. The van der Waals surface area contributed by atoms with Gasteiger partial charge in [0, 0.05) is 16.3 Å². The van der Waals surface area contributed by atoms with E-state index in [0.29, 0.717) is 16.3 Å². The molecule has 0 fully saturated rings. The molecule has 2 nitrogen and oxygen atoms in total. The maximum absolute atomic E-state index is 13.7. The summed E-state index contributed by atoms with van der Waals surface area (Å²) in [5.41, 5.74) is 8.32. The summed E-state index contributed by atoms with van der Waals surface area (Å²) in [6, 6.07) is 9.87. The first kappa shape index (κ1) is 13.8. The van der Waals surface area contributed by atoms with Crippen molar-refractivity contribution in [3.8, 4) is 0 Å². The van der Waals surface area contributed by atoms with E-state index in [1.807, 2.05) is 25.1 Å². The molecule has 3 N–H and O–H groups in total. The minimum atomic E-state index is -0.390. The molecule has 0 aliphatic rings. The van der Waals surface area contributed by atoms with Gasteiger partial charge in [-0.25, -0.2) is 4.39 Å². The Bertz CT molecular complexity index is 643. The third kappa shape index (κ3) is 3.22. The van der Waals surface area contributed by atoms with Crippen LogP contribution in [-0.2, 0) is 0 Å². The van der Waals surface area contributed by atoms with E-state index < -0.39 is 0 Å². The molecule has 0 unspecified atom stereocenters. The van der Waals surface area contributed by atoms with Crippen molar-refractivity contribution in [3.05, 3.63) is 58.4 Å². The van der Waals surface area contributed by atoms with Crippen molar-refractivity contribution in [3.63, 3.8) is 0 Å². The van der Waals surface area contributed by atoms with Crippen LogP contribution in [0.15, 0.2) is 36.4 Å². The lowest BCUT2D eigenvalue weighted by molar-refractivity contribution is 0.632. The van der Waals surface area contributed by atoms with Crippen LogP contribution in [0.5, 0.6) is 0 Å². The molecule has 5 heteroatoms. The topological polar surface area (TPSA) is 38.0 Å². The zero-order valence-corrected chi connectivity index (χ0v) is 11.8. The molecular formula is C14H12ClFN2S. The third-order valence-corrected chi connectivity index (χ3v) is 3.09. The van der Waals surface area contributed by atoms with E-state index in [-0.39, 0.29) is 16.5 Å². The molecule has 0 heterocycles. The van der Waals surface area contributed by atoms with Crippen LogP contribution in [0.2, 0.25) is 5.02 Å². The lowest BCUT2D eigenvalue weighted by Crippen LogP contribution is -2.12. The zero-order chi connectivity index (χ0) is 14.0. The van der Waals surface area contributed by atoms with Gasteiger partial charge < -0.3 is 11.1 Å². The van der Waals surface area contributed by atoms with Crippen LogP contribution < -0.4 is 11.1 Å². The highest BCUT2D eigenvalue weighted by molar-refractivity contribution is 7.80. The summed E-state index contributed by atoms with van der Waals surface area (Å²) in [4.78, 5) is 0.258. The molecule has 0 spiro atoms. The number of hydrogen-bond donors (Lipinski definition) is 2. The fourth-order valence-corrected chi connectivity index (χ4v) is 2.05. The van der Waals surface area contributed by atoms with Crippen LogP contribution >= 0.6 is 23.8 Å². The molecule has 2 aromatic carbocycles. The molecule has 19 heavy (non-hydrogen) atoms. The maximum atomic E-state index is 13.7. The average Bonchev–Trinajstić information content (AvgIpc) is 2.35. The van der Waals surface area contributed by atoms with Crippen molar-refractivity contribution in [1.82, 2.24) is 0 Å². The van der Waals surface area contributed by atoms with Crippen molar-refractivity contribution < 1.29 is 4.39 Å². The number of aryl methyl sites for hydroxylation is 1. The normalized spacial score (nSPS) is 10.3. The summed E-state index contributed by atoms with van der Waals surface area (Å²) >= 11 is 10.9. The Morgan fingerprint density at radius 3 is 2.63 bits per heavy atom. The van der Waals surface area contributed by atoms with Crippen molar-refractivity contribution in [1.29, 1.82) is 0 Å². The van der Waals surface area contributed by atoms with E-state index in [0.717, 1.165) is 5.56 Å². The first-order valence-corrected chi connectivity index (χ1v) is 6.38. The van der Waals surface area contributed by atoms with Gasteiger partial charge in [0.2, 0.25) is 0 Å². The molecule has 2 aromatic rings. The number of nitrogens with two attached hydrogens (primary N) is 1. The van der Waals surface area contributed by atoms with Gasteiger partial charge in [-0.3, -0.25) is 0 Å². The highest BCUT2D eigenvalue weighted by Crippen LogP contribution is 2.26. The second-order valence-corrected chi connectivity index (χ2v) is 5.04. The Morgan fingerprint density at radius 1 is 1.21 bits per heavy atom. The van der Waals surface area contributed by atoms with Crippen LogP contribution in [-0.4, -0.2) is 4.99 Å². The minimum absolute atomic E-state index is 0.258. The highest BCUT2D eigenvalue weighted by Gasteiger charge is 2.09. The monoisotopic (exact) mass is 294 g/mol. The number of halogens is 2. The number of nitrogens with one attached hydrogen (secondary N) is 1. The lowest BCUT2D eigenvalue weighted by Gasteiger charge is -2.13. The SMILES string of the molecule is Cc1ccc(Nc2cc(Cl)ccc2F)c(C(N)=S)c1. The molecule has 0 aromatic heterocycles. The molecule has 0 saturated heterocycles. The number of anilines is 2. The van der Waals surface area contributed by atoms with Crippen molar-refractivity contribution in [2.24, 2.45) is 5.73 Å². The Morgan fingerprint density at radius 2 is 1.95 bits per heavy atom. The number of rotatable bonds is 3. The molecule has 0 saturated carbocycles. The van der Waals surface area contributed by atoms with Gasteiger partial charge in [0.15, 0.2) is 0 Å². The van der Waals surface area contributed by atoms with Crippen LogP contribution in [0.25, 0.3) is 0 Å². The number of thiocarbonyl (C=S) groups is 1. The minimum Gasteiger partial charge on any atom is -0.389 e. The van der Waals surface area contributed by atoms with Crippen molar-refractivity contribution >= 4 is 40.2 Å². The molecular weight excluding hydrogens is 283 g/mol. The van der Waals surface area contributed by atoms with E-state index in [4.69, 9.17) is 29.6 Å². The molecule has 0 radical (unpaired) electrons. The molecule has 0 aliphatic carbocycles. The molecule has 0 bridgehead atoms. The second-order valence-electron chi connectivity index (χ2n) is 4.16. The smallest absolute Gasteiger partial charge is 0.146 e. The summed E-state index contributed by atoms with van der Waals surface area (Å²) in [5, 5.41) is 3.41. The summed E-state index contributed by atoms with van der Waals surface area (Å²) in [6.45, 7) is 1.94. The predicted octanol–water partition coefficient (Wildman–Crippen LogP) is 4.17. The highest BCUT2D eigenvalue weighted by atomic mass is 35.5. The first-order valence-electron chi connectivity index (χ1n) is 5.60. The van der Waals surface area contributed by atoms with Crippen LogP contribution in [0.4, 0.5) is 15.8 Å². The number of hydrogen-bond acceptors (Lipinski definition) is 2. The molecule has 0 atom stereocenters. The lowest BCUT2D eigenvalue weighted by atomic mass is 10.1. The van der Waals surface area contributed by atoms with Crippen LogP contribution in [0, 0.1) is 12.7 Å². The molecule has 98 valence electrons. The maximum Gasteiger partial charge on any atom is 0.146 e. The largest absolute Gasteiger partial charge is 0.389 e. The van der Waals surface area contributed by atoms with Gasteiger partial charge in [0.1, 0.15) is 10.8 Å². The van der Waals surface area contributed by atoms with E-state index in [1.165, 1.54) is 18.2 Å². The Labute approximate surface area is 121 Å². The Balaban J connectivity index is 2.43. The van der Waals surface area contributed by atoms with E-state index in [1.54, 1.807) is 0 Å². The molecule has 0 amide bonds. The Kier molecular flexibility index (Phi) is 4.02. The molecule has 2 rings (SSSR count). The van der Waals surface area contributed by atoms with Gasteiger partial charge in [0.25, 0.3) is 0 Å². The quantitative estimate of drug-likeness (QED) is 0.835. The van der Waals surface area contributed by atoms with Crippen molar-refractivity contribution in [2.45, 2.75) is 6.92 Å². The fourth-order valence-electron chi connectivity index (χ4n) is 1.71. The summed E-state index contributed by atoms with van der Waals surface area (Å²) < 4.78 is 13.7. The van der Waals surface area contributed by atoms with E-state index in [9.17, 15) is 4.39 Å². The fraction of sp³-hybridized carbons (Fsp3) is 0.0714. The van der Waals surface area contributed by atoms with Gasteiger partial charge in [-0.05, 0) is 37.3 Å². The van der Waals surface area contributed by atoms with Crippen LogP contribution in [0.1, 0.15) is 11.1 Å². The standard InChI is InChI=1S/C14H12ClFN2S/c1-8-2-5-12(10(6-8)14(17)19)18-13-7-9(15)3-4-11(13)16/h2-7,18H,1H3,(H2,17,19). The van der Waals surface area contributed by atoms with Gasteiger partial charge >= 0.3 is 0 Å². The second kappa shape index (κ2) is 5.55. The predicted molar refractivity (Wildman–Crippen MR) is 81.8 cm³/mol. The van der Waals surface area contributed by atoms with Crippen LogP contribution in [0.3, 0.4) is 0 Å². The van der Waals surface area contributed by atoms with Gasteiger partial charge in [-0.1, -0.05) is 35.4 Å². The summed E-state index contributed by atoms with van der Waals surface area (Å²) in [5.74, 6) is -0.390. The third-order valence-electron chi connectivity index (χ3n) is 2.64. The van der Waals surface area contributed by atoms with E-state index in [2.05, 4.69) is 5.32 Å². The molecule has 0 aliphatic heterocycles. The van der Waals surface area contributed by atoms with Gasteiger partial charge in [-0.2, -0.15) is 0 Å². The average molecular weight is 295 g/mol.